The maximum Gasteiger partial charge on any atom is 0.142 e. The van der Waals surface area contributed by atoms with Gasteiger partial charge in [-0.3, -0.25) is 0 Å². The van der Waals surface area contributed by atoms with Crippen LogP contribution in [0.4, 0.5) is 0 Å². The third kappa shape index (κ3) is 1.88. The minimum Gasteiger partial charge on any atom is -0.363 e. The predicted molar refractivity (Wildman–Crippen MR) is 58.4 cm³/mol. The first-order chi connectivity index (χ1) is 7.35. The molecule has 0 bridgehead atoms. The van der Waals surface area contributed by atoms with E-state index in [1.807, 2.05) is 36.6 Å². The Hall–Kier alpha value is -1.73. The molecule has 15 heavy (non-hydrogen) atoms. The van der Waals surface area contributed by atoms with Gasteiger partial charge in [-0.1, -0.05) is 17.3 Å². The smallest absolute Gasteiger partial charge is 0.142 e. The Morgan fingerprint density at radius 3 is 2.67 bits per heavy atom. The van der Waals surface area contributed by atoms with Crippen molar-refractivity contribution in [2.45, 2.75) is 4.90 Å². The molecule has 0 amide bonds. The lowest BCUT2D eigenvalue weighted by Gasteiger charge is -1.98. The van der Waals surface area contributed by atoms with Crippen LogP contribution in [0, 0.1) is 11.3 Å². The van der Waals surface area contributed by atoms with E-state index < -0.39 is 0 Å². The SMILES string of the molecule is CSc1ccc(-c2nocc2C#N)cc1. The van der Waals surface area contributed by atoms with E-state index in [9.17, 15) is 0 Å². The van der Waals surface area contributed by atoms with E-state index in [0.29, 0.717) is 11.3 Å². The molecule has 1 aromatic heterocycles. The van der Waals surface area contributed by atoms with Gasteiger partial charge in [-0.2, -0.15) is 5.26 Å². The summed E-state index contributed by atoms with van der Waals surface area (Å²) in [4.78, 5) is 1.18. The molecule has 3 nitrogen and oxygen atoms in total. The van der Waals surface area contributed by atoms with Crippen LogP contribution in [0.1, 0.15) is 5.56 Å². The third-order valence-electron chi connectivity index (χ3n) is 2.05. The van der Waals surface area contributed by atoms with Crippen molar-refractivity contribution in [2.24, 2.45) is 0 Å². The molecule has 0 aliphatic rings. The average Bonchev–Trinajstić information content (AvgIpc) is 2.77. The summed E-state index contributed by atoms with van der Waals surface area (Å²) in [5.41, 5.74) is 1.97. The molecule has 1 aromatic carbocycles. The lowest BCUT2D eigenvalue weighted by Crippen LogP contribution is -1.81. The number of hydrogen-bond donors (Lipinski definition) is 0. The van der Waals surface area contributed by atoms with Crippen molar-refractivity contribution in [3.8, 4) is 17.3 Å². The summed E-state index contributed by atoms with van der Waals surface area (Å²) >= 11 is 1.68. The predicted octanol–water partition coefficient (Wildman–Crippen LogP) is 2.94. The highest BCUT2D eigenvalue weighted by Gasteiger charge is 2.08. The number of aromatic nitrogens is 1. The van der Waals surface area contributed by atoms with Crippen molar-refractivity contribution in [1.29, 1.82) is 5.26 Å². The molecular weight excluding hydrogens is 208 g/mol. The Kier molecular flexibility index (Phi) is 2.75. The quantitative estimate of drug-likeness (QED) is 0.724. The maximum atomic E-state index is 8.82. The number of nitrogens with zero attached hydrogens (tertiary/aromatic N) is 2. The first kappa shape index (κ1) is 9.81. The Balaban J connectivity index is 2.42. The maximum absolute atomic E-state index is 8.82. The molecule has 0 spiro atoms. The van der Waals surface area contributed by atoms with Crippen molar-refractivity contribution in [3.63, 3.8) is 0 Å². The normalized spacial score (nSPS) is 9.87. The molecule has 0 N–H and O–H groups in total. The van der Waals surface area contributed by atoms with Gasteiger partial charge in [0.1, 0.15) is 23.6 Å². The highest BCUT2D eigenvalue weighted by molar-refractivity contribution is 7.98. The summed E-state index contributed by atoms with van der Waals surface area (Å²) in [5.74, 6) is 0. The van der Waals surface area contributed by atoms with Crippen molar-refractivity contribution in [1.82, 2.24) is 5.16 Å². The molecule has 2 aromatic rings. The second kappa shape index (κ2) is 4.20. The standard InChI is InChI=1S/C11H8N2OS/c1-15-10-4-2-8(3-5-10)11-9(6-12)7-14-13-11/h2-5,7H,1H3. The molecule has 0 atom stereocenters. The first-order valence-corrected chi connectivity index (χ1v) is 5.56. The fourth-order valence-corrected chi connectivity index (χ4v) is 1.68. The zero-order chi connectivity index (χ0) is 10.7. The topological polar surface area (TPSA) is 49.8 Å². The van der Waals surface area contributed by atoms with Crippen LogP contribution >= 0.6 is 11.8 Å². The van der Waals surface area contributed by atoms with Crippen LogP contribution in [-0.4, -0.2) is 11.4 Å². The number of thioether (sulfide) groups is 1. The fourth-order valence-electron chi connectivity index (χ4n) is 1.27. The van der Waals surface area contributed by atoms with Crippen LogP contribution in [0.5, 0.6) is 0 Å². The fraction of sp³-hybridized carbons (Fsp3) is 0.0909. The third-order valence-corrected chi connectivity index (χ3v) is 2.80. The van der Waals surface area contributed by atoms with Gasteiger partial charge in [-0.05, 0) is 18.4 Å². The summed E-state index contributed by atoms with van der Waals surface area (Å²) in [7, 11) is 0. The van der Waals surface area contributed by atoms with Gasteiger partial charge in [0.2, 0.25) is 0 Å². The Labute approximate surface area is 91.7 Å². The highest BCUT2D eigenvalue weighted by atomic mass is 32.2. The van der Waals surface area contributed by atoms with Crippen LogP contribution in [0.25, 0.3) is 11.3 Å². The molecule has 0 radical (unpaired) electrons. The monoisotopic (exact) mass is 216 g/mol. The summed E-state index contributed by atoms with van der Waals surface area (Å²) in [6.45, 7) is 0. The molecule has 74 valence electrons. The second-order valence-corrected chi connectivity index (χ2v) is 3.80. The minimum absolute atomic E-state index is 0.465. The van der Waals surface area contributed by atoms with Gasteiger partial charge in [0.15, 0.2) is 0 Å². The Bertz CT molecular complexity index is 496. The molecule has 2 rings (SSSR count). The molecular formula is C11H8N2OS. The van der Waals surface area contributed by atoms with Gasteiger partial charge in [-0.15, -0.1) is 11.8 Å². The van der Waals surface area contributed by atoms with Crippen LogP contribution in [0.3, 0.4) is 0 Å². The molecule has 0 aliphatic heterocycles. The van der Waals surface area contributed by atoms with E-state index in [2.05, 4.69) is 5.16 Å². The van der Waals surface area contributed by atoms with Crippen molar-refractivity contribution in [3.05, 3.63) is 36.1 Å². The van der Waals surface area contributed by atoms with E-state index in [1.54, 1.807) is 11.8 Å². The summed E-state index contributed by atoms with van der Waals surface area (Å²) in [6.07, 6.45) is 3.38. The molecule has 4 heteroatoms. The number of rotatable bonds is 2. The van der Waals surface area contributed by atoms with Gasteiger partial charge >= 0.3 is 0 Å². The highest BCUT2D eigenvalue weighted by Crippen LogP contribution is 2.24. The van der Waals surface area contributed by atoms with E-state index in [0.717, 1.165) is 5.56 Å². The molecule has 0 unspecified atom stereocenters. The van der Waals surface area contributed by atoms with Crippen LogP contribution < -0.4 is 0 Å². The summed E-state index contributed by atoms with van der Waals surface area (Å²) in [5, 5.41) is 12.6. The number of nitriles is 1. The Morgan fingerprint density at radius 2 is 2.07 bits per heavy atom. The molecule has 1 heterocycles. The zero-order valence-electron chi connectivity index (χ0n) is 8.10. The van der Waals surface area contributed by atoms with Crippen LogP contribution in [-0.2, 0) is 0 Å². The second-order valence-electron chi connectivity index (χ2n) is 2.92. The molecule has 0 saturated carbocycles. The first-order valence-electron chi connectivity index (χ1n) is 4.34. The molecule has 0 saturated heterocycles. The van der Waals surface area contributed by atoms with Crippen molar-refractivity contribution < 1.29 is 4.52 Å². The number of hydrogen-bond acceptors (Lipinski definition) is 4. The zero-order valence-corrected chi connectivity index (χ0v) is 8.91. The summed E-state index contributed by atoms with van der Waals surface area (Å²) in [6, 6.07) is 9.90. The van der Waals surface area contributed by atoms with E-state index >= 15 is 0 Å². The van der Waals surface area contributed by atoms with Gasteiger partial charge in [0.05, 0.1) is 0 Å². The van der Waals surface area contributed by atoms with Gasteiger partial charge < -0.3 is 4.52 Å². The van der Waals surface area contributed by atoms with Crippen molar-refractivity contribution in [2.75, 3.05) is 6.26 Å². The van der Waals surface area contributed by atoms with E-state index in [-0.39, 0.29) is 0 Å². The Morgan fingerprint density at radius 1 is 1.33 bits per heavy atom. The van der Waals surface area contributed by atoms with E-state index in [1.165, 1.54) is 11.2 Å². The van der Waals surface area contributed by atoms with Crippen molar-refractivity contribution >= 4 is 11.8 Å². The molecule has 0 aliphatic carbocycles. The summed E-state index contributed by atoms with van der Waals surface area (Å²) < 4.78 is 4.77. The van der Waals surface area contributed by atoms with Crippen LogP contribution in [0.2, 0.25) is 0 Å². The number of benzene rings is 1. The average molecular weight is 216 g/mol. The largest absolute Gasteiger partial charge is 0.363 e. The van der Waals surface area contributed by atoms with E-state index in [4.69, 9.17) is 9.78 Å². The van der Waals surface area contributed by atoms with Gasteiger partial charge in [0.25, 0.3) is 0 Å². The van der Waals surface area contributed by atoms with Gasteiger partial charge in [0, 0.05) is 10.5 Å². The lowest BCUT2D eigenvalue weighted by molar-refractivity contribution is 0.422. The lowest BCUT2D eigenvalue weighted by atomic mass is 10.1. The molecule has 0 fully saturated rings. The minimum atomic E-state index is 0.465. The van der Waals surface area contributed by atoms with Crippen LogP contribution in [0.15, 0.2) is 39.9 Å². The van der Waals surface area contributed by atoms with Gasteiger partial charge in [-0.25, -0.2) is 0 Å².